The molecule has 140 valence electrons. The van der Waals surface area contributed by atoms with E-state index in [1.54, 1.807) is 32.9 Å². The number of hydrogen-bond donors (Lipinski definition) is 2. The number of alkyl carbamates (subject to hydrolysis) is 1. The number of ether oxygens (including phenoxy) is 1. The Balaban J connectivity index is 2.42. The zero-order valence-electron chi connectivity index (χ0n) is 15.3. The average Bonchev–Trinajstić information content (AvgIpc) is 2.46. The highest BCUT2D eigenvalue weighted by molar-refractivity contribution is 6.42. The van der Waals surface area contributed by atoms with Crippen LogP contribution in [0.25, 0.3) is 0 Å². The molecule has 0 aliphatic heterocycles. The highest BCUT2D eigenvalue weighted by atomic mass is 35.5. The molecule has 7 heteroatoms. The van der Waals surface area contributed by atoms with E-state index in [1.165, 1.54) is 0 Å². The molecule has 5 nitrogen and oxygen atoms in total. The number of rotatable bonds is 6. The second-order valence-electron chi connectivity index (χ2n) is 7.47. The minimum absolute atomic E-state index is 0.149. The van der Waals surface area contributed by atoms with Gasteiger partial charge in [-0.3, -0.25) is 4.79 Å². The van der Waals surface area contributed by atoms with Crippen LogP contribution in [0.5, 0.6) is 0 Å². The molecule has 0 radical (unpaired) electrons. The van der Waals surface area contributed by atoms with E-state index in [0.717, 1.165) is 5.56 Å². The molecule has 0 saturated heterocycles. The lowest BCUT2D eigenvalue weighted by Crippen LogP contribution is -2.39. The molecular formula is C18H26Cl2N2O3. The van der Waals surface area contributed by atoms with Gasteiger partial charge in [0.05, 0.1) is 10.0 Å². The summed E-state index contributed by atoms with van der Waals surface area (Å²) in [5, 5.41) is 6.41. The lowest BCUT2D eigenvalue weighted by Gasteiger charge is -2.26. The smallest absolute Gasteiger partial charge is 0.407 e. The van der Waals surface area contributed by atoms with Gasteiger partial charge in [0, 0.05) is 24.9 Å². The van der Waals surface area contributed by atoms with Crippen molar-refractivity contribution in [3.05, 3.63) is 33.8 Å². The summed E-state index contributed by atoms with van der Waals surface area (Å²) in [5.74, 6) is -0.149. The Morgan fingerprint density at radius 1 is 1.04 bits per heavy atom. The molecule has 0 heterocycles. The highest BCUT2D eigenvalue weighted by Crippen LogP contribution is 2.29. The fraction of sp³-hybridized carbons (Fsp3) is 0.556. The zero-order chi connectivity index (χ0) is 19.3. The molecule has 0 aliphatic rings. The third-order valence-corrected chi connectivity index (χ3v) is 4.19. The SMILES string of the molecule is CC(C)(C)OC(=O)NCCC(=O)NCC(C)(C)c1ccc(Cl)c(Cl)c1. The van der Waals surface area contributed by atoms with Crippen molar-refractivity contribution in [3.63, 3.8) is 0 Å². The summed E-state index contributed by atoms with van der Waals surface area (Å²) >= 11 is 12.0. The summed E-state index contributed by atoms with van der Waals surface area (Å²) in [4.78, 5) is 23.5. The normalized spacial score (nSPS) is 11.8. The van der Waals surface area contributed by atoms with Gasteiger partial charge >= 0.3 is 6.09 Å². The maximum atomic E-state index is 12.0. The Hall–Kier alpha value is -1.46. The van der Waals surface area contributed by atoms with Crippen LogP contribution in [0.1, 0.15) is 46.6 Å². The van der Waals surface area contributed by atoms with Crippen molar-refractivity contribution < 1.29 is 14.3 Å². The maximum Gasteiger partial charge on any atom is 0.407 e. The van der Waals surface area contributed by atoms with E-state index in [4.69, 9.17) is 27.9 Å². The number of amides is 2. The van der Waals surface area contributed by atoms with Crippen LogP contribution in [0, 0.1) is 0 Å². The zero-order valence-corrected chi connectivity index (χ0v) is 16.8. The molecule has 2 N–H and O–H groups in total. The van der Waals surface area contributed by atoms with E-state index < -0.39 is 11.7 Å². The van der Waals surface area contributed by atoms with E-state index in [1.807, 2.05) is 19.9 Å². The summed E-state index contributed by atoms with van der Waals surface area (Å²) in [6.07, 6.45) is -0.354. The molecule has 0 aliphatic carbocycles. The largest absolute Gasteiger partial charge is 0.444 e. The third kappa shape index (κ3) is 7.97. The van der Waals surface area contributed by atoms with E-state index >= 15 is 0 Å². The lowest BCUT2D eigenvalue weighted by molar-refractivity contribution is -0.121. The molecule has 0 saturated carbocycles. The van der Waals surface area contributed by atoms with E-state index in [-0.39, 0.29) is 24.3 Å². The van der Waals surface area contributed by atoms with E-state index in [0.29, 0.717) is 16.6 Å². The first-order valence-corrected chi connectivity index (χ1v) is 8.85. The fourth-order valence-electron chi connectivity index (χ4n) is 2.02. The first-order valence-electron chi connectivity index (χ1n) is 8.10. The van der Waals surface area contributed by atoms with Crippen LogP contribution in [0.2, 0.25) is 10.0 Å². The van der Waals surface area contributed by atoms with Crippen molar-refractivity contribution in [2.75, 3.05) is 13.1 Å². The van der Waals surface area contributed by atoms with Crippen molar-refractivity contribution in [1.29, 1.82) is 0 Å². The van der Waals surface area contributed by atoms with Gasteiger partial charge in [0.1, 0.15) is 5.60 Å². The first-order chi connectivity index (χ1) is 11.4. The topological polar surface area (TPSA) is 67.4 Å². The van der Waals surface area contributed by atoms with Gasteiger partial charge < -0.3 is 15.4 Å². The highest BCUT2D eigenvalue weighted by Gasteiger charge is 2.22. The second kappa shape index (κ2) is 8.77. The first kappa shape index (κ1) is 21.6. The van der Waals surface area contributed by atoms with Gasteiger partial charge in [0.25, 0.3) is 0 Å². The number of carbonyl (C=O) groups excluding carboxylic acids is 2. The molecule has 0 unspecified atom stereocenters. The Bertz CT molecular complexity index is 625. The fourth-order valence-corrected chi connectivity index (χ4v) is 2.32. The van der Waals surface area contributed by atoms with E-state index in [9.17, 15) is 9.59 Å². The summed E-state index contributed by atoms with van der Waals surface area (Å²) in [5.41, 5.74) is 0.118. The van der Waals surface area contributed by atoms with Gasteiger partial charge in [-0.05, 0) is 38.5 Å². The van der Waals surface area contributed by atoms with Crippen molar-refractivity contribution in [2.45, 2.75) is 52.1 Å². The molecule has 0 aromatic heterocycles. The molecule has 0 fully saturated rings. The Kier molecular flexibility index (Phi) is 7.57. The predicted molar refractivity (Wildman–Crippen MR) is 101 cm³/mol. The quantitative estimate of drug-likeness (QED) is 0.762. The number of nitrogens with one attached hydrogen (secondary N) is 2. The molecule has 0 bridgehead atoms. The van der Waals surface area contributed by atoms with Gasteiger partial charge in [0.15, 0.2) is 0 Å². The number of benzene rings is 1. The van der Waals surface area contributed by atoms with Crippen LogP contribution >= 0.6 is 23.2 Å². The van der Waals surface area contributed by atoms with Crippen LogP contribution in [0.3, 0.4) is 0 Å². The van der Waals surface area contributed by atoms with Crippen molar-refractivity contribution in [2.24, 2.45) is 0 Å². The monoisotopic (exact) mass is 388 g/mol. The Labute approximate surface area is 159 Å². The minimum atomic E-state index is -0.559. The third-order valence-electron chi connectivity index (χ3n) is 3.45. The van der Waals surface area contributed by atoms with E-state index in [2.05, 4.69) is 10.6 Å². The molecule has 0 atom stereocenters. The maximum absolute atomic E-state index is 12.0. The van der Waals surface area contributed by atoms with Gasteiger partial charge in [-0.15, -0.1) is 0 Å². The Morgan fingerprint density at radius 3 is 2.24 bits per heavy atom. The molecule has 1 aromatic carbocycles. The van der Waals surface area contributed by atoms with Gasteiger partial charge in [-0.25, -0.2) is 4.79 Å². The van der Waals surface area contributed by atoms with Gasteiger partial charge in [0.2, 0.25) is 5.91 Å². The van der Waals surface area contributed by atoms with Crippen LogP contribution in [0.15, 0.2) is 18.2 Å². The molecule has 0 spiro atoms. The number of carbonyl (C=O) groups is 2. The van der Waals surface area contributed by atoms with Crippen LogP contribution in [-0.2, 0) is 14.9 Å². The Morgan fingerprint density at radius 2 is 1.68 bits per heavy atom. The van der Waals surface area contributed by atoms with Crippen LogP contribution in [-0.4, -0.2) is 30.7 Å². The van der Waals surface area contributed by atoms with Gasteiger partial charge in [-0.1, -0.05) is 43.1 Å². The molecular weight excluding hydrogens is 363 g/mol. The number of hydrogen-bond acceptors (Lipinski definition) is 3. The van der Waals surface area contributed by atoms with Crippen LogP contribution < -0.4 is 10.6 Å². The number of halogens is 2. The predicted octanol–water partition coefficient (Wildman–Crippen LogP) is 4.30. The van der Waals surface area contributed by atoms with Crippen molar-refractivity contribution >= 4 is 35.2 Å². The standard InChI is InChI=1S/C18H26Cl2N2O3/c1-17(2,3)25-16(24)21-9-8-15(23)22-11-18(4,5)12-6-7-13(19)14(20)10-12/h6-7,10H,8-9,11H2,1-5H3,(H,21,24)(H,22,23). The minimum Gasteiger partial charge on any atom is -0.444 e. The molecule has 1 aromatic rings. The van der Waals surface area contributed by atoms with Gasteiger partial charge in [-0.2, -0.15) is 0 Å². The summed E-state index contributed by atoms with van der Waals surface area (Å²) in [6.45, 7) is 10.0. The summed E-state index contributed by atoms with van der Waals surface area (Å²) in [7, 11) is 0. The lowest BCUT2D eigenvalue weighted by atomic mass is 9.84. The molecule has 25 heavy (non-hydrogen) atoms. The van der Waals surface area contributed by atoms with Crippen molar-refractivity contribution in [3.8, 4) is 0 Å². The van der Waals surface area contributed by atoms with Crippen LogP contribution in [0.4, 0.5) is 4.79 Å². The molecule has 1 rings (SSSR count). The molecule has 2 amide bonds. The average molecular weight is 389 g/mol. The second-order valence-corrected chi connectivity index (χ2v) is 8.28. The summed E-state index contributed by atoms with van der Waals surface area (Å²) < 4.78 is 5.11. The van der Waals surface area contributed by atoms with Crippen molar-refractivity contribution in [1.82, 2.24) is 10.6 Å². The summed E-state index contributed by atoms with van der Waals surface area (Å²) in [6, 6.07) is 5.44.